The summed E-state index contributed by atoms with van der Waals surface area (Å²) in [5.41, 5.74) is 8.35. The Kier molecular flexibility index (Phi) is 4.34. The average molecular weight is 240 g/mol. The first-order valence-corrected chi connectivity index (χ1v) is 5.45. The number of azide groups is 1. The lowest BCUT2D eigenvalue weighted by Gasteiger charge is -2.42. The number of esters is 1. The molecule has 7 nitrogen and oxygen atoms in total. The third-order valence-electron chi connectivity index (χ3n) is 2.91. The largest absolute Gasteiger partial charge is 0.466 e. The van der Waals surface area contributed by atoms with Crippen molar-refractivity contribution in [3.63, 3.8) is 0 Å². The van der Waals surface area contributed by atoms with Crippen LogP contribution in [-0.4, -0.2) is 30.6 Å². The topological polar surface area (TPSA) is 104 Å². The van der Waals surface area contributed by atoms with E-state index in [1.54, 1.807) is 6.92 Å². The Balaban J connectivity index is 2.56. The van der Waals surface area contributed by atoms with Crippen LogP contribution >= 0.6 is 0 Å². The molecule has 94 valence electrons. The maximum atomic E-state index is 11.4. The molecule has 0 radical (unpaired) electrons. The zero-order chi connectivity index (χ0) is 13.0. The van der Waals surface area contributed by atoms with Crippen molar-refractivity contribution in [2.75, 3.05) is 6.61 Å². The summed E-state index contributed by atoms with van der Waals surface area (Å²) in [5.74, 6) is -0.805. The standard InChI is InChI=1S/C10H16N4O3/c1-5(4-17-7(3)15)9-8(10(16)12-9)6(2)13-14-11/h5-6,8-9H,4H2,1-3H3,(H,12,16)/t5?,6?,8-,9-/m0/s1. The number of carbonyl (C=O) groups excluding carboxylic acids is 2. The molecule has 2 unspecified atom stereocenters. The van der Waals surface area contributed by atoms with Gasteiger partial charge in [0.1, 0.15) is 0 Å². The Morgan fingerprint density at radius 2 is 2.29 bits per heavy atom. The van der Waals surface area contributed by atoms with Crippen LogP contribution in [0.2, 0.25) is 0 Å². The van der Waals surface area contributed by atoms with E-state index >= 15 is 0 Å². The van der Waals surface area contributed by atoms with Gasteiger partial charge in [-0.3, -0.25) is 9.59 Å². The fourth-order valence-electron chi connectivity index (χ4n) is 1.94. The van der Waals surface area contributed by atoms with Gasteiger partial charge < -0.3 is 10.1 Å². The molecule has 1 rings (SSSR count). The number of nitrogens with zero attached hydrogens (tertiary/aromatic N) is 3. The third-order valence-corrected chi connectivity index (χ3v) is 2.91. The third kappa shape index (κ3) is 3.10. The molecule has 1 N–H and O–H groups in total. The first kappa shape index (κ1) is 13.3. The van der Waals surface area contributed by atoms with Crippen molar-refractivity contribution >= 4 is 11.9 Å². The predicted octanol–water partition coefficient (Wildman–Crippen LogP) is 0.999. The number of hydrogen-bond acceptors (Lipinski definition) is 4. The highest BCUT2D eigenvalue weighted by Crippen LogP contribution is 2.27. The molecule has 17 heavy (non-hydrogen) atoms. The summed E-state index contributed by atoms with van der Waals surface area (Å²) in [6.07, 6.45) is 0. The van der Waals surface area contributed by atoms with Crippen LogP contribution in [0.1, 0.15) is 20.8 Å². The monoisotopic (exact) mass is 240 g/mol. The average Bonchev–Trinajstić information content (AvgIpc) is 2.22. The van der Waals surface area contributed by atoms with Crippen LogP contribution in [0.15, 0.2) is 5.11 Å². The highest BCUT2D eigenvalue weighted by Gasteiger charge is 2.45. The summed E-state index contributed by atoms with van der Waals surface area (Å²) in [5, 5.41) is 6.28. The second kappa shape index (κ2) is 5.54. The summed E-state index contributed by atoms with van der Waals surface area (Å²) in [6.45, 7) is 5.17. The molecule has 0 aromatic rings. The number of amides is 1. The van der Waals surface area contributed by atoms with Crippen molar-refractivity contribution in [1.82, 2.24) is 5.32 Å². The number of β-lactam (4-membered cyclic amide) rings is 1. The molecule has 0 spiro atoms. The molecule has 1 amide bonds. The van der Waals surface area contributed by atoms with Crippen LogP contribution in [-0.2, 0) is 14.3 Å². The molecule has 1 aliphatic rings. The number of ether oxygens (including phenoxy) is 1. The van der Waals surface area contributed by atoms with Gasteiger partial charge in [0.2, 0.25) is 5.91 Å². The number of nitrogens with one attached hydrogen (secondary N) is 1. The van der Waals surface area contributed by atoms with Crippen molar-refractivity contribution < 1.29 is 14.3 Å². The van der Waals surface area contributed by atoms with E-state index in [2.05, 4.69) is 15.3 Å². The van der Waals surface area contributed by atoms with E-state index in [1.807, 2.05) is 6.92 Å². The zero-order valence-corrected chi connectivity index (χ0v) is 10.1. The Hall–Kier alpha value is -1.75. The first-order chi connectivity index (χ1) is 7.97. The van der Waals surface area contributed by atoms with E-state index < -0.39 is 6.04 Å². The molecule has 7 heteroatoms. The van der Waals surface area contributed by atoms with Crippen LogP contribution in [0.4, 0.5) is 0 Å². The van der Waals surface area contributed by atoms with Gasteiger partial charge in [-0.05, 0) is 5.53 Å². The van der Waals surface area contributed by atoms with Crippen molar-refractivity contribution in [3.8, 4) is 0 Å². The van der Waals surface area contributed by atoms with Gasteiger partial charge in [0.25, 0.3) is 0 Å². The SMILES string of the molecule is CC(=O)OCC(C)[C@@H]1NC(=O)[C@H]1C(C)N=[N+]=[N-]. The molecule has 0 bridgehead atoms. The van der Waals surface area contributed by atoms with Crippen molar-refractivity contribution in [2.45, 2.75) is 32.9 Å². The molecule has 0 aromatic carbocycles. The molecule has 1 fully saturated rings. The molecule has 1 aliphatic heterocycles. The molecule has 0 aromatic heterocycles. The second-order valence-corrected chi connectivity index (χ2v) is 4.29. The number of carbonyl (C=O) groups is 2. The van der Waals surface area contributed by atoms with Crippen molar-refractivity contribution in [2.24, 2.45) is 17.0 Å². The van der Waals surface area contributed by atoms with Crippen molar-refractivity contribution in [1.29, 1.82) is 0 Å². The normalized spacial score (nSPS) is 25.9. The summed E-state index contributed by atoms with van der Waals surface area (Å²) in [7, 11) is 0. The maximum Gasteiger partial charge on any atom is 0.302 e. The van der Waals surface area contributed by atoms with Gasteiger partial charge in [-0.15, -0.1) is 0 Å². The Bertz CT molecular complexity index is 365. The molecule has 0 saturated carbocycles. The van der Waals surface area contributed by atoms with Gasteiger partial charge in [0.05, 0.1) is 12.5 Å². The Labute approximate surface area is 99.1 Å². The number of hydrogen-bond donors (Lipinski definition) is 1. The predicted molar refractivity (Wildman–Crippen MR) is 59.8 cm³/mol. The number of rotatable bonds is 5. The van der Waals surface area contributed by atoms with Crippen LogP contribution in [0.25, 0.3) is 10.4 Å². The van der Waals surface area contributed by atoms with Crippen LogP contribution in [0.5, 0.6) is 0 Å². The van der Waals surface area contributed by atoms with Gasteiger partial charge >= 0.3 is 5.97 Å². The molecule has 0 aliphatic carbocycles. The van der Waals surface area contributed by atoms with E-state index in [-0.39, 0.29) is 36.4 Å². The highest BCUT2D eigenvalue weighted by molar-refractivity contribution is 5.86. The van der Waals surface area contributed by atoms with E-state index in [9.17, 15) is 9.59 Å². The van der Waals surface area contributed by atoms with Gasteiger partial charge in [-0.2, -0.15) is 0 Å². The Morgan fingerprint density at radius 3 is 2.76 bits per heavy atom. The van der Waals surface area contributed by atoms with Crippen LogP contribution in [0, 0.1) is 11.8 Å². The molecular formula is C10H16N4O3. The fourth-order valence-corrected chi connectivity index (χ4v) is 1.94. The van der Waals surface area contributed by atoms with Crippen molar-refractivity contribution in [3.05, 3.63) is 10.4 Å². The van der Waals surface area contributed by atoms with E-state index in [0.29, 0.717) is 0 Å². The maximum absolute atomic E-state index is 11.4. The summed E-state index contributed by atoms with van der Waals surface area (Å²) < 4.78 is 4.89. The summed E-state index contributed by atoms with van der Waals surface area (Å²) >= 11 is 0. The van der Waals surface area contributed by atoms with Gasteiger partial charge in [0, 0.05) is 29.8 Å². The minimum Gasteiger partial charge on any atom is -0.466 e. The molecule has 1 saturated heterocycles. The Morgan fingerprint density at radius 1 is 1.65 bits per heavy atom. The minimum atomic E-state index is -0.390. The van der Waals surface area contributed by atoms with E-state index in [1.165, 1.54) is 6.92 Å². The first-order valence-electron chi connectivity index (χ1n) is 5.45. The lowest BCUT2D eigenvalue weighted by atomic mass is 9.78. The molecular weight excluding hydrogens is 224 g/mol. The van der Waals surface area contributed by atoms with Crippen LogP contribution in [0.3, 0.4) is 0 Å². The minimum absolute atomic E-state index is 0.00190. The van der Waals surface area contributed by atoms with Gasteiger partial charge in [-0.25, -0.2) is 0 Å². The smallest absolute Gasteiger partial charge is 0.302 e. The lowest BCUT2D eigenvalue weighted by molar-refractivity contribution is -0.145. The summed E-state index contributed by atoms with van der Waals surface area (Å²) in [4.78, 5) is 24.8. The highest BCUT2D eigenvalue weighted by atomic mass is 16.5. The van der Waals surface area contributed by atoms with E-state index in [4.69, 9.17) is 10.3 Å². The zero-order valence-electron chi connectivity index (χ0n) is 10.1. The fraction of sp³-hybridized carbons (Fsp3) is 0.800. The lowest BCUT2D eigenvalue weighted by Crippen LogP contribution is -2.64. The second-order valence-electron chi connectivity index (χ2n) is 4.29. The van der Waals surface area contributed by atoms with E-state index in [0.717, 1.165) is 0 Å². The molecule has 1 heterocycles. The van der Waals surface area contributed by atoms with Gasteiger partial charge in [-0.1, -0.05) is 19.0 Å². The quantitative estimate of drug-likeness (QED) is 0.255. The molecule has 4 atom stereocenters. The van der Waals surface area contributed by atoms with Gasteiger partial charge in [0.15, 0.2) is 0 Å². The van der Waals surface area contributed by atoms with Crippen LogP contribution < -0.4 is 5.32 Å². The summed E-state index contributed by atoms with van der Waals surface area (Å²) in [6, 6.07) is -0.499.